The summed E-state index contributed by atoms with van der Waals surface area (Å²) in [5, 5.41) is 3.54. The number of benzene rings is 1. The second-order valence-electron chi connectivity index (χ2n) is 6.98. The lowest BCUT2D eigenvalue weighted by Gasteiger charge is -2.45. The third kappa shape index (κ3) is 2.89. The number of rotatable bonds is 3. The highest BCUT2D eigenvalue weighted by atomic mass is 16.1. The smallest absolute Gasteiger partial charge is 0.255 e. The number of aromatic nitrogens is 2. The Kier molecular flexibility index (Phi) is 4.21. The molecule has 2 N–H and O–H groups in total. The topological polar surface area (TPSA) is 61.0 Å². The van der Waals surface area contributed by atoms with Crippen LogP contribution in [0, 0.1) is 0 Å². The first-order chi connectivity index (χ1) is 11.8. The minimum atomic E-state index is -0.0180. The van der Waals surface area contributed by atoms with E-state index >= 15 is 0 Å². The fourth-order valence-electron chi connectivity index (χ4n) is 4.14. The van der Waals surface area contributed by atoms with E-state index in [9.17, 15) is 4.79 Å². The Labute approximate surface area is 142 Å². The van der Waals surface area contributed by atoms with Crippen molar-refractivity contribution in [1.82, 2.24) is 20.2 Å². The Morgan fingerprint density at radius 2 is 1.96 bits per heavy atom. The summed E-state index contributed by atoms with van der Waals surface area (Å²) >= 11 is 0. The van der Waals surface area contributed by atoms with E-state index in [1.54, 1.807) is 6.20 Å². The number of nitrogens with one attached hydrogen (secondary N) is 2. The molecule has 1 aliphatic heterocycles. The molecule has 126 valence electrons. The van der Waals surface area contributed by atoms with Gasteiger partial charge in [-0.15, -0.1) is 0 Å². The molecule has 1 aromatic heterocycles. The third-order valence-corrected chi connectivity index (χ3v) is 5.50. The molecule has 2 aliphatic rings. The maximum absolute atomic E-state index is 12.6. The molecule has 5 heteroatoms. The predicted molar refractivity (Wildman–Crippen MR) is 94.8 cm³/mol. The molecule has 2 fully saturated rings. The molecule has 1 saturated heterocycles. The van der Waals surface area contributed by atoms with E-state index in [0.717, 1.165) is 30.8 Å². The lowest BCUT2D eigenvalue weighted by Crippen LogP contribution is -2.59. The molecule has 5 nitrogen and oxygen atoms in total. The highest BCUT2D eigenvalue weighted by molar-refractivity contribution is 5.53. The number of hydrogen-bond donors (Lipinski definition) is 2. The summed E-state index contributed by atoms with van der Waals surface area (Å²) in [6.45, 7) is 3.73. The molecule has 4 rings (SSSR count). The van der Waals surface area contributed by atoms with Crippen LogP contribution in [0.2, 0.25) is 0 Å². The first-order valence-corrected chi connectivity index (χ1v) is 8.86. The minimum absolute atomic E-state index is 0.0180. The minimum Gasteiger partial charge on any atom is -0.314 e. The largest absolute Gasteiger partial charge is 0.314 e. The number of nitrogens with zero attached hydrogens (tertiary/aromatic N) is 2. The maximum atomic E-state index is 12.6. The van der Waals surface area contributed by atoms with Crippen LogP contribution in [0.25, 0.3) is 11.4 Å². The quantitative estimate of drug-likeness (QED) is 0.908. The van der Waals surface area contributed by atoms with Crippen molar-refractivity contribution < 1.29 is 0 Å². The normalized spacial score (nSPS) is 20.5. The van der Waals surface area contributed by atoms with Gasteiger partial charge >= 0.3 is 0 Å². The zero-order valence-corrected chi connectivity index (χ0v) is 13.9. The molecule has 0 bridgehead atoms. The summed E-state index contributed by atoms with van der Waals surface area (Å²) in [4.78, 5) is 22.5. The molecule has 1 saturated carbocycles. The second kappa shape index (κ2) is 6.49. The van der Waals surface area contributed by atoms with Gasteiger partial charge in [0.1, 0.15) is 5.82 Å². The van der Waals surface area contributed by atoms with Gasteiger partial charge in [0.15, 0.2) is 0 Å². The van der Waals surface area contributed by atoms with E-state index in [0.29, 0.717) is 12.4 Å². The van der Waals surface area contributed by atoms with E-state index < -0.39 is 0 Å². The number of aromatic amines is 1. The van der Waals surface area contributed by atoms with Crippen LogP contribution in [-0.2, 0) is 6.54 Å². The third-order valence-electron chi connectivity index (χ3n) is 5.50. The summed E-state index contributed by atoms with van der Waals surface area (Å²) in [5.74, 6) is 0.639. The van der Waals surface area contributed by atoms with Gasteiger partial charge < -0.3 is 10.3 Å². The summed E-state index contributed by atoms with van der Waals surface area (Å²) in [7, 11) is 0. The van der Waals surface area contributed by atoms with Gasteiger partial charge in [-0.1, -0.05) is 43.2 Å². The van der Waals surface area contributed by atoms with E-state index in [4.69, 9.17) is 0 Å². The van der Waals surface area contributed by atoms with E-state index in [2.05, 4.69) is 20.2 Å². The molecule has 2 heterocycles. The Morgan fingerprint density at radius 3 is 2.71 bits per heavy atom. The highest BCUT2D eigenvalue weighted by Crippen LogP contribution is 2.36. The Hall–Kier alpha value is -1.98. The Morgan fingerprint density at radius 1 is 1.17 bits per heavy atom. The second-order valence-corrected chi connectivity index (χ2v) is 6.98. The standard InChI is InChI=1S/C19H24N4O/c24-18-16(12-21-17(22-18)15-6-2-1-3-7-15)13-23-11-10-20-14-19(23)8-4-5-9-19/h1-3,6-7,12,20H,4-5,8-11,13-14H2,(H,21,22,24). The van der Waals surface area contributed by atoms with Crippen molar-refractivity contribution in [3.8, 4) is 11.4 Å². The number of H-pyrrole nitrogens is 1. The van der Waals surface area contributed by atoms with Crippen molar-refractivity contribution in [2.24, 2.45) is 0 Å². The van der Waals surface area contributed by atoms with Gasteiger partial charge in [-0.3, -0.25) is 9.69 Å². The predicted octanol–water partition coefficient (Wildman–Crippen LogP) is 2.15. The Bertz CT molecular complexity index is 749. The van der Waals surface area contributed by atoms with Crippen LogP contribution >= 0.6 is 0 Å². The Balaban J connectivity index is 1.57. The van der Waals surface area contributed by atoms with Crippen molar-refractivity contribution in [2.75, 3.05) is 19.6 Å². The van der Waals surface area contributed by atoms with Crippen molar-refractivity contribution in [3.05, 3.63) is 52.4 Å². The molecule has 1 spiro atoms. The van der Waals surface area contributed by atoms with Crippen molar-refractivity contribution in [1.29, 1.82) is 0 Å². The zero-order chi connectivity index (χ0) is 16.4. The molecule has 0 unspecified atom stereocenters. The van der Waals surface area contributed by atoms with Crippen LogP contribution in [0.1, 0.15) is 31.2 Å². The molecule has 24 heavy (non-hydrogen) atoms. The van der Waals surface area contributed by atoms with Gasteiger partial charge in [-0.2, -0.15) is 0 Å². The molecule has 0 radical (unpaired) electrons. The fraction of sp³-hybridized carbons (Fsp3) is 0.474. The summed E-state index contributed by atoms with van der Waals surface area (Å²) in [6, 6.07) is 9.78. The van der Waals surface area contributed by atoms with Crippen LogP contribution in [0.5, 0.6) is 0 Å². The van der Waals surface area contributed by atoms with Crippen molar-refractivity contribution >= 4 is 0 Å². The maximum Gasteiger partial charge on any atom is 0.255 e. The zero-order valence-electron chi connectivity index (χ0n) is 13.9. The first-order valence-electron chi connectivity index (χ1n) is 8.86. The number of piperazine rings is 1. The SMILES string of the molecule is O=c1[nH]c(-c2ccccc2)ncc1CN1CCNCC12CCCC2. The van der Waals surface area contributed by atoms with Gasteiger partial charge in [0, 0.05) is 49.0 Å². The van der Waals surface area contributed by atoms with Gasteiger partial charge in [-0.25, -0.2) is 4.98 Å². The van der Waals surface area contributed by atoms with Crippen LogP contribution in [0.15, 0.2) is 41.3 Å². The van der Waals surface area contributed by atoms with Gasteiger partial charge in [0.25, 0.3) is 5.56 Å². The average molecular weight is 324 g/mol. The molecule has 0 amide bonds. The van der Waals surface area contributed by atoms with Crippen molar-refractivity contribution in [2.45, 2.75) is 37.8 Å². The fourth-order valence-corrected chi connectivity index (χ4v) is 4.14. The first kappa shape index (κ1) is 15.5. The van der Waals surface area contributed by atoms with Crippen LogP contribution in [-0.4, -0.2) is 40.0 Å². The molecular weight excluding hydrogens is 300 g/mol. The van der Waals surface area contributed by atoms with Gasteiger partial charge in [0.05, 0.1) is 0 Å². The summed E-state index contributed by atoms with van der Waals surface area (Å²) in [5.41, 5.74) is 1.93. The lowest BCUT2D eigenvalue weighted by atomic mass is 9.92. The van der Waals surface area contributed by atoms with Gasteiger partial charge in [0.2, 0.25) is 0 Å². The van der Waals surface area contributed by atoms with Gasteiger partial charge in [-0.05, 0) is 12.8 Å². The van der Waals surface area contributed by atoms with E-state index in [1.165, 1.54) is 25.7 Å². The van der Waals surface area contributed by atoms with Crippen LogP contribution in [0.3, 0.4) is 0 Å². The summed E-state index contributed by atoms with van der Waals surface area (Å²) < 4.78 is 0. The molecule has 2 aromatic rings. The highest BCUT2D eigenvalue weighted by Gasteiger charge is 2.41. The lowest BCUT2D eigenvalue weighted by molar-refractivity contribution is 0.0568. The van der Waals surface area contributed by atoms with Crippen molar-refractivity contribution in [3.63, 3.8) is 0 Å². The summed E-state index contributed by atoms with van der Waals surface area (Å²) in [6.07, 6.45) is 6.80. The molecular formula is C19H24N4O. The van der Waals surface area contributed by atoms with E-state index in [1.807, 2.05) is 30.3 Å². The number of hydrogen-bond acceptors (Lipinski definition) is 4. The molecule has 0 atom stereocenters. The molecule has 1 aliphatic carbocycles. The monoisotopic (exact) mass is 324 g/mol. The average Bonchev–Trinajstić information content (AvgIpc) is 3.08. The van der Waals surface area contributed by atoms with Crippen LogP contribution in [0.4, 0.5) is 0 Å². The van der Waals surface area contributed by atoms with E-state index in [-0.39, 0.29) is 11.1 Å². The molecule has 1 aromatic carbocycles. The van der Waals surface area contributed by atoms with Crippen LogP contribution < -0.4 is 10.9 Å².